The predicted octanol–water partition coefficient (Wildman–Crippen LogP) is 1.49. The number of aromatic nitrogens is 1. The summed E-state index contributed by atoms with van der Waals surface area (Å²) in [6, 6.07) is 3.69. The molecule has 0 saturated heterocycles. The maximum atomic E-state index is 11.0. The predicted molar refractivity (Wildman–Crippen MR) is 52.6 cm³/mol. The van der Waals surface area contributed by atoms with Crippen molar-refractivity contribution >= 4 is 6.09 Å². The van der Waals surface area contributed by atoms with Gasteiger partial charge < -0.3 is 10.1 Å². The highest BCUT2D eigenvalue weighted by molar-refractivity contribution is 5.67. The van der Waals surface area contributed by atoms with Crippen LogP contribution in [0.2, 0.25) is 0 Å². The number of pyridine rings is 1. The molecule has 4 heteroatoms. The summed E-state index contributed by atoms with van der Waals surface area (Å²) in [6.07, 6.45) is 4.44. The van der Waals surface area contributed by atoms with Gasteiger partial charge in [-0.1, -0.05) is 18.7 Å². The lowest BCUT2D eigenvalue weighted by Gasteiger charge is -2.04. The molecule has 0 fully saturated rings. The van der Waals surface area contributed by atoms with Gasteiger partial charge in [-0.25, -0.2) is 4.79 Å². The number of hydrogen-bond donors (Lipinski definition) is 1. The Kier molecular flexibility index (Phi) is 4.20. The standard InChI is InChI=1S/C10H12N2O2/c1-2-6-14-10(13)12-8-9-4-3-5-11-7-9/h2-5,7H,1,6,8H2,(H,12,13). The third-order valence-corrected chi connectivity index (χ3v) is 1.49. The van der Waals surface area contributed by atoms with E-state index in [2.05, 4.69) is 16.9 Å². The lowest BCUT2D eigenvalue weighted by molar-refractivity contribution is 0.158. The van der Waals surface area contributed by atoms with Crippen LogP contribution in [0.1, 0.15) is 5.56 Å². The number of nitrogens with one attached hydrogen (secondary N) is 1. The molecule has 0 spiro atoms. The van der Waals surface area contributed by atoms with E-state index >= 15 is 0 Å². The van der Waals surface area contributed by atoms with Gasteiger partial charge in [0.15, 0.2) is 0 Å². The van der Waals surface area contributed by atoms with Crippen molar-refractivity contribution in [2.75, 3.05) is 6.61 Å². The van der Waals surface area contributed by atoms with E-state index < -0.39 is 6.09 Å². The molecule has 1 N–H and O–H groups in total. The highest BCUT2D eigenvalue weighted by Crippen LogP contribution is 1.94. The van der Waals surface area contributed by atoms with E-state index in [0.717, 1.165) is 5.56 Å². The number of carbonyl (C=O) groups is 1. The van der Waals surface area contributed by atoms with E-state index in [0.29, 0.717) is 6.54 Å². The summed E-state index contributed by atoms with van der Waals surface area (Å²) in [6.45, 7) is 4.08. The summed E-state index contributed by atoms with van der Waals surface area (Å²) in [4.78, 5) is 14.9. The van der Waals surface area contributed by atoms with Crippen LogP contribution in [-0.4, -0.2) is 17.7 Å². The van der Waals surface area contributed by atoms with Crippen LogP contribution in [0.15, 0.2) is 37.2 Å². The van der Waals surface area contributed by atoms with Crippen LogP contribution >= 0.6 is 0 Å². The van der Waals surface area contributed by atoms with Gasteiger partial charge in [-0.2, -0.15) is 0 Å². The maximum absolute atomic E-state index is 11.0. The fourth-order valence-electron chi connectivity index (χ4n) is 0.863. The SMILES string of the molecule is C=CCOC(=O)NCc1cccnc1. The topological polar surface area (TPSA) is 51.2 Å². The third-order valence-electron chi connectivity index (χ3n) is 1.49. The van der Waals surface area contributed by atoms with Crippen LogP contribution in [0.25, 0.3) is 0 Å². The molecule has 1 heterocycles. The summed E-state index contributed by atoms with van der Waals surface area (Å²) in [7, 11) is 0. The normalized spacial score (nSPS) is 9.14. The number of rotatable bonds is 4. The molecule has 4 nitrogen and oxygen atoms in total. The van der Waals surface area contributed by atoms with Gasteiger partial charge in [0.05, 0.1) is 0 Å². The highest BCUT2D eigenvalue weighted by Gasteiger charge is 1.99. The van der Waals surface area contributed by atoms with Crippen LogP contribution in [0, 0.1) is 0 Å². The summed E-state index contributed by atoms with van der Waals surface area (Å²) in [5, 5.41) is 2.58. The van der Waals surface area contributed by atoms with E-state index in [1.165, 1.54) is 6.08 Å². The maximum Gasteiger partial charge on any atom is 0.407 e. The number of alkyl carbamates (subject to hydrolysis) is 1. The summed E-state index contributed by atoms with van der Waals surface area (Å²) >= 11 is 0. The van der Waals surface area contributed by atoms with E-state index in [1.807, 2.05) is 12.1 Å². The number of ether oxygens (including phenoxy) is 1. The van der Waals surface area contributed by atoms with Crippen LogP contribution in [0.4, 0.5) is 4.79 Å². The Bertz CT molecular complexity index is 298. The van der Waals surface area contributed by atoms with Crippen molar-refractivity contribution in [3.8, 4) is 0 Å². The lowest BCUT2D eigenvalue weighted by Crippen LogP contribution is -2.23. The molecule has 0 radical (unpaired) electrons. The van der Waals surface area contributed by atoms with Gasteiger partial charge in [-0.15, -0.1) is 0 Å². The Labute approximate surface area is 82.6 Å². The monoisotopic (exact) mass is 192 g/mol. The van der Waals surface area contributed by atoms with Gasteiger partial charge in [0.1, 0.15) is 6.61 Å². The second kappa shape index (κ2) is 5.75. The smallest absolute Gasteiger partial charge is 0.407 e. The number of amides is 1. The van der Waals surface area contributed by atoms with Gasteiger partial charge in [0.2, 0.25) is 0 Å². The van der Waals surface area contributed by atoms with Crippen LogP contribution in [0.3, 0.4) is 0 Å². The van der Waals surface area contributed by atoms with E-state index in [9.17, 15) is 4.79 Å². The molecule has 0 bridgehead atoms. The van der Waals surface area contributed by atoms with Crippen LogP contribution in [0.5, 0.6) is 0 Å². The molecule has 0 unspecified atom stereocenters. The number of carbonyl (C=O) groups excluding carboxylic acids is 1. The zero-order valence-corrected chi connectivity index (χ0v) is 7.77. The van der Waals surface area contributed by atoms with Crippen molar-refractivity contribution in [3.63, 3.8) is 0 Å². The van der Waals surface area contributed by atoms with Gasteiger partial charge in [-0.3, -0.25) is 4.98 Å². The molecular formula is C10H12N2O2. The van der Waals surface area contributed by atoms with Crippen molar-refractivity contribution in [2.24, 2.45) is 0 Å². The minimum atomic E-state index is -0.450. The lowest BCUT2D eigenvalue weighted by atomic mass is 10.3. The Morgan fingerprint density at radius 1 is 1.71 bits per heavy atom. The van der Waals surface area contributed by atoms with Gasteiger partial charge in [-0.05, 0) is 11.6 Å². The first kappa shape index (κ1) is 10.2. The van der Waals surface area contributed by atoms with Gasteiger partial charge in [0, 0.05) is 18.9 Å². The fourth-order valence-corrected chi connectivity index (χ4v) is 0.863. The van der Waals surface area contributed by atoms with E-state index in [1.54, 1.807) is 12.4 Å². The van der Waals surface area contributed by atoms with Crippen molar-refractivity contribution in [3.05, 3.63) is 42.7 Å². The van der Waals surface area contributed by atoms with Crippen molar-refractivity contribution in [1.29, 1.82) is 0 Å². The van der Waals surface area contributed by atoms with Crippen molar-refractivity contribution in [2.45, 2.75) is 6.54 Å². The first-order chi connectivity index (χ1) is 6.83. The molecule has 0 aliphatic rings. The van der Waals surface area contributed by atoms with Crippen LogP contribution < -0.4 is 5.32 Å². The van der Waals surface area contributed by atoms with Crippen molar-refractivity contribution < 1.29 is 9.53 Å². The zero-order chi connectivity index (χ0) is 10.2. The summed E-state index contributed by atoms with van der Waals surface area (Å²) in [5.41, 5.74) is 0.933. The second-order valence-corrected chi connectivity index (χ2v) is 2.60. The van der Waals surface area contributed by atoms with Gasteiger partial charge >= 0.3 is 6.09 Å². The average molecular weight is 192 g/mol. The highest BCUT2D eigenvalue weighted by atomic mass is 16.5. The van der Waals surface area contributed by atoms with Crippen LogP contribution in [-0.2, 0) is 11.3 Å². The molecule has 0 atom stereocenters. The second-order valence-electron chi connectivity index (χ2n) is 2.60. The summed E-state index contributed by atoms with van der Waals surface area (Å²) < 4.78 is 4.72. The first-order valence-corrected chi connectivity index (χ1v) is 4.23. The minimum Gasteiger partial charge on any atom is -0.445 e. The van der Waals surface area contributed by atoms with E-state index in [-0.39, 0.29) is 6.61 Å². The molecule has 0 aliphatic heterocycles. The molecule has 74 valence electrons. The Morgan fingerprint density at radius 3 is 3.21 bits per heavy atom. The summed E-state index contributed by atoms with van der Waals surface area (Å²) in [5.74, 6) is 0. The Balaban J connectivity index is 2.27. The van der Waals surface area contributed by atoms with Gasteiger partial charge in [0.25, 0.3) is 0 Å². The van der Waals surface area contributed by atoms with Crippen molar-refractivity contribution in [1.82, 2.24) is 10.3 Å². The first-order valence-electron chi connectivity index (χ1n) is 4.23. The molecule has 1 aromatic rings. The fraction of sp³-hybridized carbons (Fsp3) is 0.200. The number of nitrogens with zero attached hydrogens (tertiary/aromatic N) is 1. The number of hydrogen-bond acceptors (Lipinski definition) is 3. The molecule has 0 aromatic carbocycles. The Hall–Kier alpha value is -1.84. The molecule has 1 aromatic heterocycles. The third kappa shape index (κ3) is 3.71. The van der Waals surface area contributed by atoms with E-state index in [4.69, 9.17) is 4.74 Å². The molecule has 0 saturated carbocycles. The molecule has 14 heavy (non-hydrogen) atoms. The molecular weight excluding hydrogens is 180 g/mol. The molecule has 1 amide bonds. The zero-order valence-electron chi connectivity index (χ0n) is 7.77. The minimum absolute atomic E-state index is 0.221. The average Bonchev–Trinajstić information content (AvgIpc) is 2.25. The molecule has 1 rings (SSSR count). The Morgan fingerprint density at radius 2 is 2.57 bits per heavy atom. The quantitative estimate of drug-likeness (QED) is 0.735. The largest absolute Gasteiger partial charge is 0.445 e. The molecule has 0 aliphatic carbocycles.